The van der Waals surface area contributed by atoms with E-state index in [0.29, 0.717) is 0 Å². The van der Waals surface area contributed by atoms with Crippen molar-refractivity contribution in [1.82, 2.24) is 5.32 Å². The number of hydrogen-bond donors (Lipinski definition) is 1. The van der Waals surface area contributed by atoms with Gasteiger partial charge in [0.2, 0.25) is 0 Å². The molecule has 0 fully saturated rings. The van der Waals surface area contributed by atoms with Gasteiger partial charge < -0.3 is 10.1 Å². The lowest BCUT2D eigenvalue weighted by Crippen LogP contribution is -2.27. The van der Waals surface area contributed by atoms with Gasteiger partial charge in [0.25, 0.3) is 0 Å². The van der Waals surface area contributed by atoms with Crippen LogP contribution in [0.5, 0.6) is 5.75 Å². The van der Waals surface area contributed by atoms with E-state index in [1.165, 1.54) is 23.1 Å². The van der Waals surface area contributed by atoms with Crippen molar-refractivity contribution in [1.29, 1.82) is 0 Å². The van der Waals surface area contributed by atoms with Gasteiger partial charge in [-0.15, -0.1) is 0 Å². The third-order valence-electron chi connectivity index (χ3n) is 3.55. The molecule has 0 spiro atoms. The summed E-state index contributed by atoms with van der Waals surface area (Å²) < 4.78 is 6.02. The number of aryl methyl sites for hydroxylation is 1. The first kappa shape index (κ1) is 10.4. The molecule has 1 aromatic rings. The normalized spacial score (nSPS) is 21.8. The van der Waals surface area contributed by atoms with E-state index in [4.69, 9.17) is 16.3 Å². The second kappa shape index (κ2) is 3.94. The van der Waals surface area contributed by atoms with E-state index < -0.39 is 0 Å². The molecule has 0 amide bonds. The van der Waals surface area contributed by atoms with Crippen LogP contribution in [-0.2, 0) is 19.3 Å². The second-order valence-corrected chi connectivity index (χ2v) is 5.07. The molecule has 1 N–H and O–H groups in total. The van der Waals surface area contributed by atoms with Gasteiger partial charge in [-0.25, -0.2) is 0 Å². The third-order valence-corrected chi connectivity index (χ3v) is 3.88. The van der Waals surface area contributed by atoms with Gasteiger partial charge in [-0.1, -0.05) is 11.6 Å². The van der Waals surface area contributed by atoms with Crippen LogP contribution in [0.3, 0.4) is 0 Å². The molecule has 1 heterocycles. The molecule has 2 aliphatic rings. The summed E-state index contributed by atoms with van der Waals surface area (Å²) in [7, 11) is 1.96. The summed E-state index contributed by atoms with van der Waals surface area (Å²) >= 11 is 6.32. The molecule has 86 valence electrons. The van der Waals surface area contributed by atoms with Gasteiger partial charge in [0, 0.05) is 23.6 Å². The standard InChI is InChI=1S/C13H16ClNO/c1-15-7-9-6-11-12(14)5-8-3-2-4-10(8)13(11)16-9/h5,9,15H,2-4,6-7H2,1H3. The Morgan fingerprint density at radius 3 is 3.12 bits per heavy atom. The highest BCUT2D eigenvalue weighted by Crippen LogP contribution is 2.42. The van der Waals surface area contributed by atoms with E-state index in [1.807, 2.05) is 7.05 Å². The quantitative estimate of drug-likeness (QED) is 0.853. The average molecular weight is 238 g/mol. The van der Waals surface area contributed by atoms with Gasteiger partial charge in [-0.2, -0.15) is 0 Å². The van der Waals surface area contributed by atoms with E-state index in [2.05, 4.69) is 11.4 Å². The lowest BCUT2D eigenvalue weighted by molar-refractivity contribution is 0.230. The van der Waals surface area contributed by atoms with E-state index in [9.17, 15) is 0 Å². The highest BCUT2D eigenvalue weighted by molar-refractivity contribution is 6.31. The molecule has 1 aliphatic heterocycles. The van der Waals surface area contributed by atoms with Gasteiger partial charge in [-0.05, 0) is 43.5 Å². The molecule has 0 radical (unpaired) electrons. The summed E-state index contributed by atoms with van der Waals surface area (Å²) in [6.07, 6.45) is 4.75. The minimum absolute atomic E-state index is 0.254. The lowest BCUT2D eigenvalue weighted by Gasteiger charge is -2.11. The van der Waals surface area contributed by atoms with Crippen LogP contribution in [0.2, 0.25) is 5.02 Å². The van der Waals surface area contributed by atoms with Crippen molar-refractivity contribution in [2.45, 2.75) is 31.8 Å². The summed E-state index contributed by atoms with van der Waals surface area (Å²) in [5, 5.41) is 4.06. The van der Waals surface area contributed by atoms with E-state index in [0.717, 1.165) is 36.6 Å². The second-order valence-electron chi connectivity index (χ2n) is 4.66. The van der Waals surface area contributed by atoms with Crippen LogP contribution >= 0.6 is 11.6 Å². The number of halogens is 1. The summed E-state index contributed by atoms with van der Waals surface area (Å²) in [5.74, 6) is 1.10. The first-order valence-electron chi connectivity index (χ1n) is 5.94. The van der Waals surface area contributed by atoms with Crippen LogP contribution in [0, 0.1) is 0 Å². The van der Waals surface area contributed by atoms with Crippen molar-refractivity contribution in [3.05, 3.63) is 27.8 Å². The van der Waals surface area contributed by atoms with Crippen molar-refractivity contribution >= 4 is 11.6 Å². The van der Waals surface area contributed by atoms with E-state index in [1.54, 1.807) is 0 Å². The number of fused-ring (bicyclic) bond motifs is 3. The van der Waals surface area contributed by atoms with Crippen LogP contribution in [-0.4, -0.2) is 19.7 Å². The molecule has 0 aromatic heterocycles. The van der Waals surface area contributed by atoms with Gasteiger partial charge in [0.05, 0.1) is 0 Å². The zero-order chi connectivity index (χ0) is 11.1. The highest BCUT2D eigenvalue weighted by atomic mass is 35.5. The van der Waals surface area contributed by atoms with Crippen LogP contribution in [0.25, 0.3) is 0 Å². The zero-order valence-electron chi connectivity index (χ0n) is 9.48. The minimum atomic E-state index is 0.254. The van der Waals surface area contributed by atoms with Gasteiger partial charge >= 0.3 is 0 Å². The van der Waals surface area contributed by atoms with Gasteiger partial charge in [0.1, 0.15) is 11.9 Å². The fourth-order valence-corrected chi connectivity index (χ4v) is 3.12. The van der Waals surface area contributed by atoms with Gasteiger partial charge in [0.15, 0.2) is 0 Å². The summed E-state index contributed by atoms with van der Waals surface area (Å²) in [5.41, 5.74) is 4.04. The summed E-state index contributed by atoms with van der Waals surface area (Å²) in [6.45, 7) is 0.889. The number of ether oxygens (including phenoxy) is 1. The van der Waals surface area contributed by atoms with Crippen molar-refractivity contribution in [3.8, 4) is 5.75 Å². The molecule has 1 aliphatic carbocycles. The molecule has 1 atom stereocenters. The van der Waals surface area contributed by atoms with Crippen molar-refractivity contribution in [3.63, 3.8) is 0 Å². The zero-order valence-corrected chi connectivity index (χ0v) is 10.2. The number of likely N-dealkylation sites (N-methyl/N-ethyl adjacent to an activating group) is 1. The molecule has 1 unspecified atom stereocenters. The molecule has 1 aromatic carbocycles. The molecule has 0 bridgehead atoms. The van der Waals surface area contributed by atoms with Crippen LogP contribution < -0.4 is 10.1 Å². The van der Waals surface area contributed by atoms with Crippen molar-refractivity contribution in [2.75, 3.05) is 13.6 Å². The summed E-state index contributed by atoms with van der Waals surface area (Å²) in [6, 6.07) is 2.15. The maximum Gasteiger partial charge on any atom is 0.128 e. The molecular weight excluding hydrogens is 222 g/mol. The highest BCUT2D eigenvalue weighted by Gasteiger charge is 2.30. The maximum absolute atomic E-state index is 6.32. The Balaban J connectivity index is 2.00. The largest absolute Gasteiger partial charge is 0.488 e. The van der Waals surface area contributed by atoms with E-state index >= 15 is 0 Å². The van der Waals surface area contributed by atoms with Crippen molar-refractivity contribution in [2.24, 2.45) is 0 Å². The molecular formula is C13H16ClNO. The predicted octanol–water partition coefficient (Wildman–Crippen LogP) is 2.35. The van der Waals surface area contributed by atoms with Crippen LogP contribution in [0.4, 0.5) is 0 Å². The summed E-state index contributed by atoms with van der Waals surface area (Å²) in [4.78, 5) is 0. The third kappa shape index (κ3) is 1.52. The molecule has 2 nitrogen and oxygen atoms in total. The van der Waals surface area contributed by atoms with Crippen LogP contribution in [0.1, 0.15) is 23.1 Å². The van der Waals surface area contributed by atoms with E-state index in [-0.39, 0.29) is 6.10 Å². The number of benzene rings is 1. The molecule has 16 heavy (non-hydrogen) atoms. The smallest absolute Gasteiger partial charge is 0.128 e. The topological polar surface area (TPSA) is 21.3 Å². The predicted molar refractivity (Wildman–Crippen MR) is 65.5 cm³/mol. The molecule has 0 saturated carbocycles. The Bertz CT molecular complexity index is 430. The molecule has 0 saturated heterocycles. The number of nitrogens with one attached hydrogen (secondary N) is 1. The minimum Gasteiger partial charge on any atom is -0.488 e. The Hall–Kier alpha value is -0.730. The number of hydrogen-bond acceptors (Lipinski definition) is 2. The first-order chi connectivity index (χ1) is 7.79. The van der Waals surface area contributed by atoms with Crippen LogP contribution in [0.15, 0.2) is 6.07 Å². The first-order valence-corrected chi connectivity index (χ1v) is 6.31. The Morgan fingerprint density at radius 2 is 2.31 bits per heavy atom. The lowest BCUT2D eigenvalue weighted by atomic mass is 10.0. The molecule has 3 rings (SSSR count). The Morgan fingerprint density at radius 1 is 1.44 bits per heavy atom. The SMILES string of the molecule is CNCC1Cc2c(Cl)cc3c(c2O1)CCC3. The Labute approximate surface area is 101 Å². The Kier molecular flexibility index (Phi) is 2.56. The number of rotatable bonds is 2. The van der Waals surface area contributed by atoms with Gasteiger partial charge in [-0.3, -0.25) is 0 Å². The van der Waals surface area contributed by atoms with Crippen molar-refractivity contribution < 1.29 is 4.74 Å². The monoisotopic (exact) mass is 237 g/mol. The fraction of sp³-hybridized carbons (Fsp3) is 0.538. The maximum atomic E-state index is 6.32. The average Bonchev–Trinajstić information content (AvgIpc) is 2.83. The fourth-order valence-electron chi connectivity index (χ4n) is 2.83. The molecule has 3 heteroatoms.